The van der Waals surface area contributed by atoms with Crippen LogP contribution in [0.15, 0.2) is 48.5 Å². The number of unbranched alkanes of at least 4 members (excludes halogenated alkanes) is 1. The van der Waals surface area contributed by atoms with Gasteiger partial charge < -0.3 is 4.74 Å². The summed E-state index contributed by atoms with van der Waals surface area (Å²) in [6.45, 7) is 0.530. The number of carbonyl (C=O) groups excluding carboxylic acids is 1. The Hall–Kier alpha value is -2.44. The van der Waals surface area contributed by atoms with Gasteiger partial charge in [-0.1, -0.05) is 24.3 Å². The smallest absolute Gasteiger partial charge is 0.243 e. The number of para-hydroxylation sites is 1. The Kier molecular flexibility index (Phi) is 5.40. The van der Waals surface area contributed by atoms with Crippen LogP contribution in [0.5, 0.6) is 5.75 Å². The molecule has 0 fully saturated rings. The third-order valence-corrected chi connectivity index (χ3v) is 4.65. The largest absolute Gasteiger partial charge is 0.494 e. The van der Waals surface area contributed by atoms with Gasteiger partial charge in [0.25, 0.3) is 0 Å². The van der Waals surface area contributed by atoms with Crippen molar-refractivity contribution in [2.45, 2.75) is 19.3 Å². The minimum Gasteiger partial charge on any atom is -0.494 e. The van der Waals surface area contributed by atoms with E-state index in [2.05, 4.69) is 11.1 Å². The predicted octanol–water partition coefficient (Wildman–Crippen LogP) is 4.02. The van der Waals surface area contributed by atoms with E-state index in [0.29, 0.717) is 19.4 Å². The maximum atomic E-state index is 10.9. The highest BCUT2D eigenvalue weighted by Crippen LogP contribution is 2.31. The molecule has 24 heavy (non-hydrogen) atoms. The molecule has 1 heterocycles. The van der Waals surface area contributed by atoms with Gasteiger partial charge in [-0.05, 0) is 37.1 Å². The van der Waals surface area contributed by atoms with Crippen molar-refractivity contribution in [2.75, 3.05) is 6.61 Å². The summed E-state index contributed by atoms with van der Waals surface area (Å²) in [6, 6.07) is 16.0. The highest BCUT2D eigenvalue weighted by atomic mass is 32.1. The SMILES string of the molecule is O=C(CCCCOc1cccc(-c2nc3ccccc3s2)c1)NO. The fourth-order valence-electron chi connectivity index (χ4n) is 2.35. The van der Waals surface area contributed by atoms with Crippen LogP contribution in [0.3, 0.4) is 0 Å². The number of thiazole rings is 1. The van der Waals surface area contributed by atoms with E-state index in [9.17, 15) is 4.79 Å². The van der Waals surface area contributed by atoms with Gasteiger partial charge in [-0.2, -0.15) is 0 Å². The first-order valence-corrected chi connectivity index (χ1v) is 8.59. The monoisotopic (exact) mass is 342 g/mol. The summed E-state index contributed by atoms with van der Waals surface area (Å²) in [6.07, 6.45) is 1.72. The number of hydrogen-bond donors (Lipinski definition) is 2. The number of nitrogens with one attached hydrogen (secondary N) is 1. The number of fused-ring (bicyclic) bond motifs is 1. The number of hydroxylamine groups is 1. The molecule has 0 atom stereocenters. The molecule has 0 bridgehead atoms. The highest BCUT2D eigenvalue weighted by molar-refractivity contribution is 7.21. The molecule has 0 aliphatic heterocycles. The highest BCUT2D eigenvalue weighted by Gasteiger charge is 2.07. The van der Waals surface area contributed by atoms with E-state index in [1.54, 1.807) is 16.8 Å². The summed E-state index contributed by atoms with van der Waals surface area (Å²) >= 11 is 1.66. The number of carbonyl (C=O) groups is 1. The standard InChI is InChI=1S/C18H18N2O3S/c21-17(20-22)10-3-4-11-23-14-7-5-6-13(12-14)18-19-15-8-1-2-9-16(15)24-18/h1-2,5-9,12,22H,3-4,10-11H2,(H,20,21). The Labute approximate surface area is 143 Å². The van der Waals surface area contributed by atoms with E-state index < -0.39 is 0 Å². The van der Waals surface area contributed by atoms with Crippen molar-refractivity contribution in [1.29, 1.82) is 0 Å². The molecule has 2 N–H and O–H groups in total. The molecule has 0 aliphatic rings. The summed E-state index contributed by atoms with van der Waals surface area (Å²) in [5.74, 6) is 0.422. The van der Waals surface area contributed by atoms with Crippen LogP contribution in [0, 0.1) is 0 Å². The van der Waals surface area contributed by atoms with Crippen molar-refractivity contribution in [2.24, 2.45) is 0 Å². The molecule has 1 amide bonds. The summed E-state index contributed by atoms with van der Waals surface area (Å²) in [7, 11) is 0. The quantitative estimate of drug-likeness (QED) is 0.386. The topological polar surface area (TPSA) is 71.5 Å². The van der Waals surface area contributed by atoms with Crippen LogP contribution < -0.4 is 10.2 Å². The van der Waals surface area contributed by atoms with Crippen molar-refractivity contribution in [3.63, 3.8) is 0 Å². The van der Waals surface area contributed by atoms with E-state index in [0.717, 1.165) is 28.3 Å². The number of benzene rings is 2. The molecule has 3 aromatic rings. The lowest BCUT2D eigenvalue weighted by Gasteiger charge is -2.07. The summed E-state index contributed by atoms with van der Waals surface area (Å²) < 4.78 is 6.91. The Morgan fingerprint density at radius 3 is 2.88 bits per heavy atom. The number of amides is 1. The van der Waals surface area contributed by atoms with Crippen molar-refractivity contribution in [1.82, 2.24) is 10.5 Å². The Morgan fingerprint density at radius 1 is 1.17 bits per heavy atom. The predicted molar refractivity (Wildman–Crippen MR) is 94.3 cm³/mol. The van der Waals surface area contributed by atoms with Gasteiger partial charge in [0.05, 0.1) is 16.8 Å². The van der Waals surface area contributed by atoms with E-state index in [1.807, 2.05) is 42.5 Å². The first-order chi connectivity index (χ1) is 11.8. The molecule has 6 heteroatoms. The number of hydrogen-bond acceptors (Lipinski definition) is 5. The fourth-order valence-corrected chi connectivity index (χ4v) is 3.31. The van der Waals surface area contributed by atoms with Gasteiger partial charge in [-0.3, -0.25) is 10.0 Å². The summed E-state index contributed by atoms with van der Waals surface area (Å²) in [5.41, 5.74) is 3.67. The second-order valence-electron chi connectivity index (χ2n) is 5.36. The molecule has 0 unspecified atom stereocenters. The summed E-state index contributed by atoms with van der Waals surface area (Å²) in [4.78, 5) is 15.6. The van der Waals surface area contributed by atoms with Crippen LogP contribution in [-0.2, 0) is 4.79 Å². The van der Waals surface area contributed by atoms with Gasteiger partial charge in [0.2, 0.25) is 5.91 Å². The zero-order chi connectivity index (χ0) is 16.8. The van der Waals surface area contributed by atoms with Crippen LogP contribution in [0.4, 0.5) is 0 Å². The van der Waals surface area contributed by atoms with Crippen LogP contribution in [0.25, 0.3) is 20.8 Å². The van der Waals surface area contributed by atoms with Crippen LogP contribution in [0.2, 0.25) is 0 Å². The maximum absolute atomic E-state index is 10.9. The van der Waals surface area contributed by atoms with E-state index in [1.165, 1.54) is 4.70 Å². The number of nitrogens with zero attached hydrogens (tertiary/aromatic N) is 1. The molecule has 5 nitrogen and oxygen atoms in total. The molecule has 1 aromatic heterocycles. The number of ether oxygens (including phenoxy) is 1. The second-order valence-corrected chi connectivity index (χ2v) is 6.39. The lowest BCUT2D eigenvalue weighted by Crippen LogP contribution is -2.18. The normalized spacial score (nSPS) is 10.7. The van der Waals surface area contributed by atoms with Crippen molar-refractivity contribution >= 4 is 27.5 Å². The number of aromatic nitrogens is 1. The molecular weight excluding hydrogens is 324 g/mol. The van der Waals surface area contributed by atoms with Gasteiger partial charge in [0.1, 0.15) is 10.8 Å². The van der Waals surface area contributed by atoms with Gasteiger partial charge in [0.15, 0.2) is 0 Å². The zero-order valence-corrected chi connectivity index (χ0v) is 13.9. The third-order valence-electron chi connectivity index (χ3n) is 3.57. The molecule has 0 spiro atoms. The fraction of sp³-hybridized carbons (Fsp3) is 0.222. The van der Waals surface area contributed by atoms with E-state index in [-0.39, 0.29) is 5.91 Å². The van der Waals surface area contributed by atoms with Crippen LogP contribution in [-0.4, -0.2) is 22.7 Å². The van der Waals surface area contributed by atoms with Gasteiger partial charge in [-0.25, -0.2) is 10.5 Å². The van der Waals surface area contributed by atoms with Crippen LogP contribution in [0.1, 0.15) is 19.3 Å². The van der Waals surface area contributed by atoms with Crippen molar-refractivity contribution in [3.05, 3.63) is 48.5 Å². The molecule has 0 aliphatic carbocycles. The molecule has 0 radical (unpaired) electrons. The Bertz CT molecular complexity index is 799. The zero-order valence-electron chi connectivity index (χ0n) is 13.1. The maximum Gasteiger partial charge on any atom is 0.243 e. The van der Waals surface area contributed by atoms with E-state index in [4.69, 9.17) is 9.94 Å². The lowest BCUT2D eigenvalue weighted by molar-refractivity contribution is -0.129. The number of rotatable bonds is 7. The minimum atomic E-state index is -0.368. The van der Waals surface area contributed by atoms with Gasteiger partial charge in [-0.15, -0.1) is 11.3 Å². The van der Waals surface area contributed by atoms with E-state index >= 15 is 0 Å². The average Bonchev–Trinajstić information content (AvgIpc) is 3.05. The van der Waals surface area contributed by atoms with Crippen molar-refractivity contribution < 1.29 is 14.7 Å². The van der Waals surface area contributed by atoms with Gasteiger partial charge in [0, 0.05) is 12.0 Å². The minimum absolute atomic E-state index is 0.297. The third kappa shape index (κ3) is 4.10. The Morgan fingerprint density at radius 2 is 2.04 bits per heavy atom. The molecule has 0 saturated heterocycles. The summed E-state index contributed by atoms with van der Waals surface area (Å²) in [5, 5.41) is 9.40. The molecule has 3 rings (SSSR count). The van der Waals surface area contributed by atoms with Gasteiger partial charge >= 0.3 is 0 Å². The first-order valence-electron chi connectivity index (χ1n) is 7.78. The second kappa shape index (κ2) is 7.90. The average molecular weight is 342 g/mol. The Balaban J connectivity index is 1.61. The molecule has 0 saturated carbocycles. The molecule has 124 valence electrons. The molecule has 2 aromatic carbocycles. The van der Waals surface area contributed by atoms with Crippen molar-refractivity contribution in [3.8, 4) is 16.3 Å². The molecular formula is C18H18N2O3S. The van der Waals surface area contributed by atoms with Crippen LogP contribution >= 0.6 is 11.3 Å². The lowest BCUT2D eigenvalue weighted by atomic mass is 10.2. The first kappa shape index (κ1) is 16.4.